The van der Waals surface area contributed by atoms with E-state index < -0.39 is 16.1 Å². The van der Waals surface area contributed by atoms with Crippen LogP contribution in [0.4, 0.5) is 0 Å². The van der Waals surface area contributed by atoms with Gasteiger partial charge in [0.2, 0.25) is 15.9 Å². The van der Waals surface area contributed by atoms with Crippen molar-refractivity contribution in [2.24, 2.45) is 0 Å². The van der Waals surface area contributed by atoms with Crippen LogP contribution in [0.5, 0.6) is 0 Å². The largest absolute Gasteiger partial charge is 0.352 e. The number of rotatable bonds is 5. The average molecular weight is 440 g/mol. The fraction of sp³-hybridized carbons (Fsp3) is 0.462. The van der Waals surface area contributed by atoms with Gasteiger partial charge in [0.25, 0.3) is 0 Å². The molecule has 0 heterocycles. The molecule has 8 heteroatoms. The minimum Gasteiger partial charge on any atom is -0.352 e. The predicted octanol–water partition coefficient (Wildman–Crippen LogP) is 2.47. The molecule has 0 aliphatic heterocycles. The maximum atomic E-state index is 12.4. The van der Waals surface area contributed by atoms with Gasteiger partial charge in [-0.25, -0.2) is 8.42 Å². The minimum atomic E-state index is -3.78. The highest BCUT2D eigenvalue weighted by Gasteiger charge is 2.29. The Kier molecular flexibility index (Phi) is 5.12. The van der Waals surface area contributed by atoms with Gasteiger partial charge >= 0.3 is 0 Å². The molecular weight excluding hydrogens is 424 g/mol. The molecule has 2 rings (SSSR count). The lowest BCUT2D eigenvalue weighted by molar-refractivity contribution is -0.122. The molecular formula is C13H16Br2N2O3S. The van der Waals surface area contributed by atoms with Crippen molar-refractivity contribution in [1.29, 1.82) is 0 Å². The summed E-state index contributed by atoms with van der Waals surface area (Å²) < 4.78 is 28.3. The second kappa shape index (κ2) is 6.36. The van der Waals surface area contributed by atoms with E-state index in [1.165, 1.54) is 13.0 Å². The summed E-state index contributed by atoms with van der Waals surface area (Å²) in [5, 5.41) is 2.78. The third-order valence-corrected chi connectivity index (χ3v) is 6.51. The quantitative estimate of drug-likeness (QED) is 0.739. The standard InChI is InChI=1S/C13H16Br2N2O3S/c1-7-5-11(15)12(6-10(7)14)21(19,20)17-8(2)13(18)16-9-3-4-9/h5-6,8-9,17H,3-4H2,1-2H3,(H,16,18). The van der Waals surface area contributed by atoms with Gasteiger partial charge in [0, 0.05) is 15.0 Å². The van der Waals surface area contributed by atoms with E-state index in [1.54, 1.807) is 6.07 Å². The zero-order valence-corrected chi connectivity index (χ0v) is 15.6. The molecule has 5 nitrogen and oxygen atoms in total. The molecule has 1 unspecified atom stereocenters. The third-order valence-electron chi connectivity index (χ3n) is 3.15. The lowest BCUT2D eigenvalue weighted by atomic mass is 10.2. The van der Waals surface area contributed by atoms with Gasteiger partial charge in [0.15, 0.2) is 0 Å². The molecule has 1 aliphatic carbocycles. The Balaban J connectivity index is 2.17. The van der Waals surface area contributed by atoms with Crippen LogP contribution in [0, 0.1) is 6.92 Å². The van der Waals surface area contributed by atoms with Gasteiger partial charge in [-0.2, -0.15) is 4.72 Å². The molecule has 1 amide bonds. The molecule has 1 aromatic rings. The normalized spacial score (nSPS) is 16.6. The zero-order chi connectivity index (χ0) is 15.8. The Hall–Kier alpha value is -0.440. The SMILES string of the molecule is Cc1cc(Br)c(S(=O)(=O)NC(C)C(=O)NC2CC2)cc1Br. The summed E-state index contributed by atoms with van der Waals surface area (Å²) in [7, 11) is -3.78. The maximum absolute atomic E-state index is 12.4. The van der Waals surface area contributed by atoms with Gasteiger partial charge in [-0.15, -0.1) is 0 Å². The summed E-state index contributed by atoms with van der Waals surface area (Å²) in [5.74, 6) is -0.302. The summed E-state index contributed by atoms with van der Waals surface area (Å²) in [5.41, 5.74) is 0.917. The highest BCUT2D eigenvalue weighted by Crippen LogP contribution is 2.29. The smallest absolute Gasteiger partial charge is 0.242 e. The molecule has 1 atom stereocenters. The molecule has 1 aromatic carbocycles. The number of sulfonamides is 1. The van der Waals surface area contributed by atoms with Crippen LogP contribution >= 0.6 is 31.9 Å². The average Bonchev–Trinajstić information content (AvgIpc) is 3.16. The lowest BCUT2D eigenvalue weighted by Gasteiger charge is -2.15. The molecule has 0 radical (unpaired) electrons. The zero-order valence-electron chi connectivity index (χ0n) is 11.6. The first-order valence-corrected chi connectivity index (χ1v) is 9.56. The van der Waals surface area contributed by atoms with Crippen LogP contribution < -0.4 is 10.0 Å². The van der Waals surface area contributed by atoms with Crippen molar-refractivity contribution in [3.63, 3.8) is 0 Å². The molecule has 116 valence electrons. The number of hydrogen-bond acceptors (Lipinski definition) is 3. The summed E-state index contributed by atoms with van der Waals surface area (Å²) in [4.78, 5) is 12.0. The van der Waals surface area contributed by atoms with Gasteiger partial charge in [0.1, 0.15) is 0 Å². The Labute approximate surface area is 141 Å². The molecule has 1 fully saturated rings. The highest BCUT2D eigenvalue weighted by molar-refractivity contribution is 9.11. The van der Waals surface area contributed by atoms with Crippen molar-refractivity contribution in [3.8, 4) is 0 Å². The first-order chi connectivity index (χ1) is 9.70. The van der Waals surface area contributed by atoms with Crippen LogP contribution in [0.25, 0.3) is 0 Å². The summed E-state index contributed by atoms with van der Waals surface area (Å²) in [6, 6.07) is 2.62. The summed E-state index contributed by atoms with van der Waals surface area (Å²) in [6.07, 6.45) is 1.92. The van der Waals surface area contributed by atoms with E-state index in [-0.39, 0.29) is 16.8 Å². The Morgan fingerprint density at radius 2 is 1.90 bits per heavy atom. The van der Waals surface area contributed by atoms with Crippen molar-refractivity contribution in [2.75, 3.05) is 0 Å². The number of carbonyl (C=O) groups is 1. The number of hydrogen-bond donors (Lipinski definition) is 2. The topological polar surface area (TPSA) is 75.3 Å². The van der Waals surface area contributed by atoms with Crippen molar-refractivity contribution < 1.29 is 13.2 Å². The van der Waals surface area contributed by atoms with Gasteiger partial charge in [-0.05, 0) is 60.3 Å². The molecule has 0 spiro atoms. The minimum absolute atomic E-state index is 0.103. The van der Waals surface area contributed by atoms with Crippen molar-refractivity contribution in [3.05, 3.63) is 26.6 Å². The fourth-order valence-electron chi connectivity index (χ4n) is 1.74. The number of nitrogens with one attached hydrogen (secondary N) is 2. The van der Waals surface area contributed by atoms with Gasteiger partial charge in [-0.1, -0.05) is 15.9 Å². The lowest BCUT2D eigenvalue weighted by Crippen LogP contribution is -2.45. The van der Waals surface area contributed by atoms with Crippen LogP contribution in [-0.4, -0.2) is 26.4 Å². The molecule has 1 aliphatic rings. The van der Waals surface area contributed by atoms with E-state index in [2.05, 4.69) is 41.9 Å². The number of halogens is 2. The first-order valence-electron chi connectivity index (χ1n) is 6.49. The van der Waals surface area contributed by atoms with Crippen LogP contribution in [-0.2, 0) is 14.8 Å². The van der Waals surface area contributed by atoms with Crippen LogP contribution in [0.2, 0.25) is 0 Å². The molecule has 2 N–H and O–H groups in total. The first kappa shape index (κ1) is 16.9. The molecule has 0 saturated heterocycles. The fourth-order valence-corrected chi connectivity index (χ4v) is 4.62. The van der Waals surface area contributed by atoms with E-state index in [1.807, 2.05) is 6.92 Å². The number of amides is 1. The van der Waals surface area contributed by atoms with E-state index in [4.69, 9.17) is 0 Å². The Morgan fingerprint density at radius 1 is 1.29 bits per heavy atom. The number of benzene rings is 1. The van der Waals surface area contributed by atoms with Crippen LogP contribution in [0.1, 0.15) is 25.3 Å². The Bertz CT molecular complexity index is 672. The van der Waals surface area contributed by atoms with E-state index in [0.717, 1.165) is 18.4 Å². The van der Waals surface area contributed by atoms with Gasteiger partial charge in [0.05, 0.1) is 10.9 Å². The summed E-state index contributed by atoms with van der Waals surface area (Å²) in [6.45, 7) is 3.40. The predicted molar refractivity (Wildman–Crippen MR) is 87.5 cm³/mol. The molecule has 0 bridgehead atoms. The third kappa shape index (κ3) is 4.28. The molecule has 1 saturated carbocycles. The molecule has 21 heavy (non-hydrogen) atoms. The van der Waals surface area contributed by atoms with Crippen LogP contribution in [0.3, 0.4) is 0 Å². The van der Waals surface area contributed by atoms with E-state index in [9.17, 15) is 13.2 Å². The van der Waals surface area contributed by atoms with Gasteiger partial charge < -0.3 is 5.32 Å². The second-order valence-corrected chi connectivity index (χ2v) is 8.55. The van der Waals surface area contributed by atoms with E-state index in [0.29, 0.717) is 8.95 Å². The maximum Gasteiger partial charge on any atom is 0.242 e. The van der Waals surface area contributed by atoms with Crippen molar-refractivity contribution >= 4 is 47.8 Å². The number of aryl methyl sites for hydroxylation is 1. The molecule has 0 aromatic heterocycles. The van der Waals surface area contributed by atoms with E-state index >= 15 is 0 Å². The van der Waals surface area contributed by atoms with Crippen LogP contribution in [0.15, 0.2) is 26.0 Å². The van der Waals surface area contributed by atoms with Crippen molar-refractivity contribution in [2.45, 2.75) is 43.7 Å². The monoisotopic (exact) mass is 438 g/mol. The second-order valence-electron chi connectivity index (χ2n) is 5.16. The highest BCUT2D eigenvalue weighted by atomic mass is 79.9. The summed E-state index contributed by atoms with van der Waals surface area (Å²) >= 11 is 6.57. The van der Waals surface area contributed by atoms with Crippen molar-refractivity contribution in [1.82, 2.24) is 10.0 Å². The van der Waals surface area contributed by atoms with Gasteiger partial charge in [-0.3, -0.25) is 4.79 Å². The Morgan fingerprint density at radius 3 is 2.48 bits per heavy atom. The number of carbonyl (C=O) groups excluding carboxylic acids is 1.